The summed E-state index contributed by atoms with van der Waals surface area (Å²) in [5.74, 6) is 1.72. The fourth-order valence-corrected chi connectivity index (χ4v) is 3.75. The molecule has 0 saturated carbocycles. The van der Waals surface area contributed by atoms with E-state index < -0.39 is 0 Å². The van der Waals surface area contributed by atoms with Crippen LogP contribution in [0.3, 0.4) is 0 Å². The summed E-state index contributed by atoms with van der Waals surface area (Å²) < 4.78 is 5.19. The third-order valence-corrected chi connectivity index (χ3v) is 5.01. The second-order valence-corrected chi connectivity index (χ2v) is 6.56. The summed E-state index contributed by atoms with van der Waals surface area (Å²) in [5.41, 5.74) is 3.53. The third kappa shape index (κ3) is 2.51. The molecule has 0 atom stereocenters. The number of anilines is 1. The highest BCUT2D eigenvalue weighted by Gasteiger charge is 2.36. The number of rotatable bonds is 2. The van der Waals surface area contributed by atoms with Crippen LogP contribution in [-0.2, 0) is 4.79 Å². The van der Waals surface area contributed by atoms with Gasteiger partial charge in [-0.2, -0.15) is 0 Å². The molecule has 2 aliphatic heterocycles. The van der Waals surface area contributed by atoms with Crippen LogP contribution >= 0.6 is 11.8 Å². The van der Waals surface area contributed by atoms with E-state index >= 15 is 0 Å². The number of thioether (sulfide) groups is 1. The lowest BCUT2D eigenvalue weighted by Gasteiger charge is -2.15. The minimum Gasteiger partial charge on any atom is -0.497 e. The number of amidine groups is 1. The van der Waals surface area contributed by atoms with Crippen molar-refractivity contribution in [3.63, 3.8) is 0 Å². The van der Waals surface area contributed by atoms with Crippen molar-refractivity contribution in [2.45, 2.75) is 0 Å². The van der Waals surface area contributed by atoms with Gasteiger partial charge < -0.3 is 4.74 Å². The summed E-state index contributed by atoms with van der Waals surface area (Å²) >= 11 is 1.63. The van der Waals surface area contributed by atoms with Crippen molar-refractivity contribution in [1.82, 2.24) is 0 Å². The fourth-order valence-electron chi connectivity index (χ4n) is 2.90. The first kappa shape index (κ1) is 15.0. The molecule has 0 N–H and O–H groups in total. The zero-order chi connectivity index (χ0) is 16.5. The maximum atomic E-state index is 13.0. The first-order chi connectivity index (χ1) is 11.8. The van der Waals surface area contributed by atoms with Gasteiger partial charge in [-0.15, -0.1) is 0 Å². The van der Waals surface area contributed by atoms with E-state index in [-0.39, 0.29) is 5.91 Å². The second-order valence-electron chi connectivity index (χ2n) is 5.50. The number of benzene rings is 2. The summed E-state index contributed by atoms with van der Waals surface area (Å²) in [5, 5.41) is 0.797. The molecule has 2 aromatic carbocycles. The Bertz CT molecular complexity index is 856. The Labute approximate surface area is 144 Å². The van der Waals surface area contributed by atoms with E-state index in [0.29, 0.717) is 5.57 Å². The molecular formula is C19H16N2O2S. The van der Waals surface area contributed by atoms with Crippen molar-refractivity contribution in [2.75, 3.05) is 24.3 Å². The molecule has 0 bridgehead atoms. The molecule has 2 aromatic rings. The number of nitrogens with zero attached hydrogens (tertiary/aromatic N) is 2. The molecular weight excluding hydrogens is 320 g/mol. The molecule has 0 radical (unpaired) electrons. The molecule has 4 nitrogen and oxygen atoms in total. The number of carbonyl (C=O) groups excluding carboxylic acids is 1. The minimum absolute atomic E-state index is 0.0137. The molecule has 120 valence electrons. The SMILES string of the molecule is COc1ccc(C=C2C(=O)N(C3=NCCS3)c3ccccc32)cc1. The summed E-state index contributed by atoms with van der Waals surface area (Å²) in [6, 6.07) is 15.6. The predicted molar refractivity (Wildman–Crippen MR) is 99.6 cm³/mol. The van der Waals surface area contributed by atoms with Crippen LogP contribution in [0.25, 0.3) is 11.6 Å². The van der Waals surface area contributed by atoms with Gasteiger partial charge in [0.15, 0.2) is 5.17 Å². The third-order valence-electron chi connectivity index (χ3n) is 4.06. The van der Waals surface area contributed by atoms with Crippen molar-refractivity contribution in [1.29, 1.82) is 0 Å². The lowest BCUT2D eigenvalue weighted by Crippen LogP contribution is -2.30. The number of carbonyl (C=O) groups is 1. The van der Waals surface area contributed by atoms with E-state index in [4.69, 9.17) is 4.74 Å². The van der Waals surface area contributed by atoms with Crippen molar-refractivity contribution < 1.29 is 9.53 Å². The predicted octanol–water partition coefficient (Wildman–Crippen LogP) is 3.69. The Hall–Kier alpha value is -2.53. The van der Waals surface area contributed by atoms with E-state index in [1.807, 2.05) is 54.6 Å². The van der Waals surface area contributed by atoms with Crippen LogP contribution in [0, 0.1) is 0 Å². The van der Waals surface area contributed by atoms with E-state index in [9.17, 15) is 4.79 Å². The monoisotopic (exact) mass is 336 g/mol. The summed E-state index contributed by atoms with van der Waals surface area (Å²) in [6.45, 7) is 0.767. The lowest BCUT2D eigenvalue weighted by molar-refractivity contribution is -0.112. The topological polar surface area (TPSA) is 41.9 Å². The molecule has 2 heterocycles. The smallest absolute Gasteiger partial charge is 0.265 e. The van der Waals surface area contributed by atoms with Gasteiger partial charge in [0.25, 0.3) is 5.91 Å². The highest BCUT2D eigenvalue weighted by Crippen LogP contribution is 2.40. The molecule has 0 saturated heterocycles. The maximum absolute atomic E-state index is 13.0. The van der Waals surface area contributed by atoms with Crippen LogP contribution in [0.15, 0.2) is 53.5 Å². The number of fused-ring (bicyclic) bond motifs is 1. The van der Waals surface area contributed by atoms with Gasteiger partial charge in [-0.05, 0) is 29.8 Å². The fraction of sp³-hybridized carbons (Fsp3) is 0.158. The molecule has 2 aliphatic rings. The molecule has 4 rings (SSSR count). The quantitative estimate of drug-likeness (QED) is 0.786. The zero-order valence-corrected chi connectivity index (χ0v) is 14.0. The van der Waals surface area contributed by atoms with Crippen molar-refractivity contribution in [3.05, 3.63) is 59.7 Å². The van der Waals surface area contributed by atoms with Gasteiger partial charge in [0.1, 0.15) is 5.75 Å². The molecule has 0 spiro atoms. The van der Waals surface area contributed by atoms with E-state index in [1.165, 1.54) is 0 Å². The van der Waals surface area contributed by atoms with Crippen molar-refractivity contribution >= 4 is 40.2 Å². The Balaban J connectivity index is 1.78. The van der Waals surface area contributed by atoms with Crippen molar-refractivity contribution in [3.8, 4) is 5.75 Å². The van der Waals surface area contributed by atoms with Gasteiger partial charge in [-0.25, -0.2) is 0 Å². The largest absolute Gasteiger partial charge is 0.497 e. The average Bonchev–Trinajstić information content (AvgIpc) is 3.23. The van der Waals surface area contributed by atoms with Gasteiger partial charge in [-0.3, -0.25) is 14.7 Å². The molecule has 0 unspecified atom stereocenters. The highest BCUT2D eigenvalue weighted by atomic mass is 32.2. The Kier molecular flexibility index (Phi) is 3.86. The van der Waals surface area contributed by atoms with Gasteiger partial charge in [0, 0.05) is 11.3 Å². The van der Waals surface area contributed by atoms with Crippen LogP contribution in [0.2, 0.25) is 0 Å². The zero-order valence-electron chi connectivity index (χ0n) is 13.2. The first-order valence-corrected chi connectivity index (χ1v) is 8.73. The molecule has 1 amide bonds. The number of hydrogen-bond donors (Lipinski definition) is 0. The molecule has 0 fully saturated rings. The normalized spacial score (nSPS) is 18.0. The van der Waals surface area contributed by atoms with Crippen LogP contribution in [0.5, 0.6) is 5.75 Å². The summed E-state index contributed by atoms with van der Waals surface area (Å²) in [7, 11) is 1.64. The Morgan fingerprint density at radius 1 is 1.17 bits per heavy atom. The van der Waals surface area contributed by atoms with Crippen LogP contribution < -0.4 is 9.64 Å². The standard InChI is InChI=1S/C19H16N2O2S/c1-23-14-8-6-13(7-9-14)12-16-15-4-2-3-5-17(15)21(18(16)22)19-20-10-11-24-19/h2-9,12H,10-11H2,1H3. The van der Waals surface area contributed by atoms with Gasteiger partial charge in [0.05, 0.1) is 24.9 Å². The second kappa shape index (κ2) is 6.17. The van der Waals surface area contributed by atoms with Gasteiger partial charge in [-0.1, -0.05) is 42.1 Å². The Morgan fingerprint density at radius 2 is 1.96 bits per heavy atom. The maximum Gasteiger partial charge on any atom is 0.265 e. The first-order valence-electron chi connectivity index (χ1n) is 7.75. The number of methoxy groups -OCH3 is 1. The number of aliphatic imine (C=N–C) groups is 1. The Morgan fingerprint density at radius 3 is 2.67 bits per heavy atom. The minimum atomic E-state index is -0.0137. The molecule has 0 aliphatic carbocycles. The average molecular weight is 336 g/mol. The molecule has 5 heteroatoms. The van der Waals surface area contributed by atoms with Crippen LogP contribution in [0.4, 0.5) is 5.69 Å². The van der Waals surface area contributed by atoms with Gasteiger partial charge >= 0.3 is 0 Å². The van der Waals surface area contributed by atoms with E-state index in [0.717, 1.165) is 40.0 Å². The number of hydrogen-bond acceptors (Lipinski definition) is 4. The van der Waals surface area contributed by atoms with Gasteiger partial charge in [0.2, 0.25) is 0 Å². The summed E-state index contributed by atoms with van der Waals surface area (Å²) in [4.78, 5) is 19.2. The lowest BCUT2D eigenvalue weighted by atomic mass is 10.0. The highest BCUT2D eigenvalue weighted by molar-refractivity contribution is 8.14. The molecule has 0 aromatic heterocycles. The van der Waals surface area contributed by atoms with E-state index in [1.54, 1.807) is 23.8 Å². The number of para-hydroxylation sites is 1. The number of ether oxygens (including phenoxy) is 1. The van der Waals surface area contributed by atoms with E-state index in [2.05, 4.69) is 4.99 Å². The summed E-state index contributed by atoms with van der Waals surface area (Å²) in [6.07, 6.45) is 1.93. The number of amides is 1. The molecule has 24 heavy (non-hydrogen) atoms. The van der Waals surface area contributed by atoms with Crippen molar-refractivity contribution in [2.24, 2.45) is 4.99 Å². The van der Waals surface area contributed by atoms with Crippen LogP contribution in [0.1, 0.15) is 11.1 Å². The van der Waals surface area contributed by atoms with Crippen LogP contribution in [-0.4, -0.2) is 30.5 Å².